The molecule has 0 rings (SSSR count). The van der Waals surface area contributed by atoms with Crippen LogP contribution in [-0.4, -0.2) is 34.7 Å². The molecule has 0 saturated carbocycles. The molecule has 0 bridgehead atoms. The zero-order chi connectivity index (χ0) is 8.85. The van der Waals surface area contributed by atoms with Gasteiger partial charge in [0.25, 0.3) is 0 Å². The van der Waals surface area contributed by atoms with E-state index < -0.39 is 27.6 Å². The van der Waals surface area contributed by atoms with Gasteiger partial charge in [-0.15, -0.1) is 0 Å². The van der Waals surface area contributed by atoms with Crippen molar-refractivity contribution in [3.05, 3.63) is 0 Å². The zero-order valence-corrected chi connectivity index (χ0v) is 41.5. The maximum atomic E-state index is 5.55. The van der Waals surface area contributed by atoms with Crippen LogP contribution >= 0.6 is 0 Å². The van der Waals surface area contributed by atoms with Crippen LogP contribution in [0.4, 0.5) is 0 Å². The minimum Gasteiger partial charge on any atom is -0.436 e. The molecule has 0 unspecified atom stereocenters. The molecule has 0 atom stereocenters. The smallest absolute Gasteiger partial charge is 0.371 e. The summed E-state index contributed by atoms with van der Waals surface area (Å²) in [6.45, 7) is 8.20. The fraction of sp³-hybridized carbons (Fsp3) is 1.00. The fourth-order valence-corrected chi connectivity index (χ4v) is 5.35. The Balaban J connectivity index is -0.00000000476. The molecule has 0 saturated heterocycles. The van der Waals surface area contributed by atoms with E-state index in [2.05, 4.69) is 13.1 Å². The van der Waals surface area contributed by atoms with Gasteiger partial charge in [-0.2, -0.15) is 0 Å². The topological polar surface area (TPSA) is 27.7 Å². The normalized spacial score (nSPS) is 5.08. The van der Waals surface area contributed by atoms with Crippen LogP contribution in [0.25, 0.3) is 0 Å². The molecule has 0 amide bonds. The summed E-state index contributed by atoms with van der Waals surface area (Å²) in [6, 6.07) is 0. The molecule has 12 radical (unpaired) electrons. The second-order valence-corrected chi connectivity index (χ2v) is 8.12. The third-order valence-electron chi connectivity index (χ3n) is 0.923. The average Bonchev–Trinajstić information content (AvgIpc) is 1.85. The second-order valence-electron chi connectivity index (χ2n) is 2.30. The molecule has 0 aromatic carbocycles. The van der Waals surface area contributed by atoms with E-state index in [0.717, 1.165) is 0 Å². The Hall–Kier alpha value is 10.5. The minimum atomic E-state index is -1.04. The Morgan fingerprint density at radius 2 is 0.654 bits per heavy atom. The van der Waals surface area contributed by atoms with Gasteiger partial charge in [-0.1, -0.05) is 44.6 Å². The molecular weight excluding hydrogens is 1060 g/mol. The molecular formula is C11H39O3Si3Y9. The average molecular weight is 1100 g/mol. The van der Waals surface area contributed by atoms with Gasteiger partial charge >= 0.3 is 18.6 Å². The summed E-state index contributed by atoms with van der Waals surface area (Å²) < 4.78 is 16.1. The van der Waals surface area contributed by atoms with Crippen LogP contribution < -0.4 is 0 Å². The van der Waals surface area contributed by atoms with E-state index >= 15 is 0 Å². The Morgan fingerprint density at radius 3 is 0.808 bits per heavy atom. The van der Waals surface area contributed by atoms with Gasteiger partial charge in [-0.3, -0.25) is 0 Å². The van der Waals surface area contributed by atoms with Crippen LogP contribution in [0, 0.1) is 0 Å². The monoisotopic (exact) mass is 1100 g/mol. The van der Waals surface area contributed by atoms with E-state index in [1.54, 1.807) is 7.11 Å². The van der Waals surface area contributed by atoms with E-state index in [-0.39, 0.29) is 339 Å². The first kappa shape index (κ1) is 110. The first-order valence-corrected chi connectivity index (χ1v) is 9.47. The Kier molecular flexibility index (Phi) is 352. The molecule has 3 nitrogen and oxygen atoms in total. The van der Waals surface area contributed by atoms with Gasteiger partial charge in [-0.25, -0.2) is 0 Å². The molecule has 0 spiro atoms. The summed E-state index contributed by atoms with van der Waals surface area (Å²) in [5.41, 5.74) is 0. The first-order valence-electron chi connectivity index (χ1n) is 3.43. The third kappa shape index (κ3) is 92.2. The molecule has 140 valence electrons. The molecule has 0 aliphatic rings. The molecule has 0 fully saturated rings. The van der Waals surface area contributed by atoms with Crippen LogP contribution in [-0.2, 0) is 307 Å². The number of hydrogen-bond donors (Lipinski definition) is 0. The van der Waals surface area contributed by atoms with Crippen molar-refractivity contribution in [2.45, 2.75) is 70.7 Å². The molecule has 0 heterocycles. The summed E-state index contributed by atoms with van der Waals surface area (Å²) in [5, 5.41) is 0. The van der Waals surface area contributed by atoms with Crippen molar-refractivity contribution in [3.8, 4) is 0 Å². The van der Waals surface area contributed by atoms with Crippen LogP contribution in [0.2, 0.25) is 26.2 Å². The molecule has 26 heavy (non-hydrogen) atoms. The van der Waals surface area contributed by atoms with Gasteiger partial charge < -0.3 is 12.7 Å². The minimum absolute atomic E-state index is 0. The van der Waals surface area contributed by atoms with Crippen LogP contribution in [0.15, 0.2) is 0 Å². The van der Waals surface area contributed by atoms with E-state index in [1.165, 1.54) is 0 Å². The van der Waals surface area contributed by atoms with Gasteiger partial charge in [0.15, 0.2) is 9.04 Å². The van der Waals surface area contributed by atoms with Crippen molar-refractivity contribution in [3.63, 3.8) is 0 Å². The predicted molar refractivity (Wildman–Crippen MR) is 90.3 cm³/mol. The summed E-state index contributed by atoms with van der Waals surface area (Å²) in [6.07, 6.45) is 0. The number of hydrogen-bond acceptors (Lipinski definition) is 3. The fourth-order valence-electron chi connectivity index (χ4n) is 0.552. The van der Waals surface area contributed by atoms with Crippen molar-refractivity contribution in [1.29, 1.82) is 0 Å². The largest absolute Gasteiger partial charge is 0.436 e. The Bertz CT molecular complexity index is 130. The van der Waals surface area contributed by atoms with E-state index in [9.17, 15) is 0 Å². The van der Waals surface area contributed by atoms with Crippen molar-refractivity contribution in [2.24, 2.45) is 0 Å². The molecule has 0 aromatic rings. The molecule has 15 heteroatoms. The van der Waals surface area contributed by atoms with E-state index in [4.69, 9.17) is 12.7 Å². The SMILES string of the molecule is C.C.C.C.C.C.CO[Si](C)O[Si](C)O[Si](C)C.[Y].[Y].[Y].[Y].[Y].[Y].[Y].[Y].[Y]. The standard InChI is InChI=1S/C5H15O3Si3.6CH4.9Y/c1-6-10(4)8-11(5)7-9(2)3;;;;;;;;;;;;;;;/h1-5H3;6*1H4;;;;;;;;;. The summed E-state index contributed by atoms with van der Waals surface area (Å²) in [4.78, 5) is 0. The van der Waals surface area contributed by atoms with Crippen molar-refractivity contribution < 1.29 is 307 Å². The van der Waals surface area contributed by atoms with E-state index in [0.29, 0.717) is 0 Å². The molecule has 0 aromatic heterocycles. The van der Waals surface area contributed by atoms with Gasteiger partial charge in [0.2, 0.25) is 0 Å². The van der Waals surface area contributed by atoms with Gasteiger partial charge in [-0.05, 0) is 26.2 Å². The quantitative estimate of drug-likeness (QED) is 0.366. The second kappa shape index (κ2) is 83.5. The summed E-state index contributed by atoms with van der Waals surface area (Å²) >= 11 is 0. The van der Waals surface area contributed by atoms with Gasteiger partial charge in [0.05, 0.1) is 0 Å². The Labute approximate surface area is 401 Å². The van der Waals surface area contributed by atoms with Crippen LogP contribution in [0.1, 0.15) is 44.6 Å². The number of rotatable bonds is 5. The summed E-state index contributed by atoms with van der Waals surface area (Å²) in [7, 11) is -1.00. The van der Waals surface area contributed by atoms with Crippen molar-refractivity contribution in [1.82, 2.24) is 0 Å². The van der Waals surface area contributed by atoms with Crippen molar-refractivity contribution in [2.75, 3.05) is 7.11 Å². The van der Waals surface area contributed by atoms with E-state index in [1.807, 2.05) is 13.1 Å². The molecule has 0 N–H and O–H groups in total. The van der Waals surface area contributed by atoms with Gasteiger partial charge in [0.1, 0.15) is 0 Å². The summed E-state index contributed by atoms with van der Waals surface area (Å²) in [5.74, 6) is 0. The van der Waals surface area contributed by atoms with Crippen molar-refractivity contribution >= 4 is 27.6 Å². The van der Waals surface area contributed by atoms with Crippen LogP contribution in [0.5, 0.6) is 0 Å². The zero-order valence-electron chi connectivity index (χ0n) is 12.9. The van der Waals surface area contributed by atoms with Gasteiger partial charge in [0, 0.05) is 301 Å². The first-order chi connectivity index (χ1) is 5.06. The molecule has 0 aliphatic heterocycles. The maximum absolute atomic E-state index is 5.55. The third-order valence-corrected chi connectivity index (χ3v) is 6.58. The maximum Gasteiger partial charge on any atom is 0.371 e. The predicted octanol–water partition coefficient (Wildman–Crippen LogP) is 4.95. The Morgan fingerprint density at radius 1 is 0.423 bits per heavy atom. The van der Waals surface area contributed by atoms with Crippen LogP contribution in [0.3, 0.4) is 0 Å². The molecule has 0 aliphatic carbocycles.